The first kappa shape index (κ1) is 14.1. The fourth-order valence-electron chi connectivity index (χ4n) is 2.09. The van der Waals surface area contributed by atoms with Crippen LogP contribution in [0.25, 0.3) is 0 Å². The second-order valence-electron chi connectivity index (χ2n) is 5.01. The number of hydrogen-bond acceptors (Lipinski definition) is 4. The Morgan fingerprint density at radius 3 is 2.74 bits per heavy atom. The molecule has 0 unspecified atom stereocenters. The Bertz CT molecular complexity index is 450. The van der Waals surface area contributed by atoms with E-state index in [4.69, 9.17) is 9.47 Å². The zero-order chi connectivity index (χ0) is 13.7. The summed E-state index contributed by atoms with van der Waals surface area (Å²) in [4.78, 5) is 13.9. The first-order valence-corrected chi connectivity index (χ1v) is 6.82. The molecule has 0 aliphatic carbocycles. The first-order chi connectivity index (χ1) is 9.16. The van der Waals surface area contributed by atoms with E-state index >= 15 is 0 Å². The molecule has 0 bridgehead atoms. The number of hydrogen-bond donors (Lipinski definition) is 0. The van der Waals surface area contributed by atoms with Crippen molar-refractivity contribution < 1.29 is 9.47 Å². The molecule has 0 aromatic carbocycles. The number of pyridine rings is 1. The van der Waals surface area contributed by atoms with E-state index in [1.54, 1.807) is 22.9 Å². The molecular formula is C14H22N2O3. The maximum Gasteiger partial charge on any atom is 0.251 e. The quantitative estimate of drug-likeness (QED) is 0.801. The second-order valence-corrected chi connectivity index (χ2v) is 5.01. The van der Waals surface area contributed by atoms with E-state index in [1.165, 1.54) is 0 Å². The van der Waals surface area contributed by atoms with Crippen molar-refractivity contribution in [2.24, 2.45) is 0 Å². The third kappa shape index (κ3) is 4.08. The smallest absolute Gasteiger partial charge is 0.251 e. The van der Waals surface area contributed by atoms with Gasteiger partial charge in [0.05, 0.1) is 13.2 Å². The van der Waals surface area contributed by atoms with Crippen molar-refractivity contribution in [1.82, 2.24) is 9.47 Å². The van der Waals surface area contributed by atoms with Crippen LogP contribution < -0.4 is 10.3 Å². The van der Waals surface area contributed by atoms with Crippen molar-refractivity contribution in [3.8, 4) is 5.75 Å². The van der Waals surface area contributed by atoms with Gasteiger partial charge in [0.2, 0.25) is 0 Å². The maximum absolute atomic E-state index is 11.6. The van der Waals surface area contributed by atoms with Gasteiger partial charge in [-0.15, -0.1) is 0 Å². The maximum atomic E-state index is 11.6. The molecule has 1 saturated heterocycles. The molecule has 0 N–H and O–H groups in total. The van der Waals surface area contributed by atoms with E-state index in [-0.39, 0.29) is 11.6 Å². The number of morpholine rings is 1. The van der Waals surface area contributed by atoms with Crippen molar-refractivity contribution >= 4 is 0 Å². The molecule has 5 nitrogen and oxygen atoms in total. The summed E-state index contributed by atoms with van der Waals surface area (Å²) in [6.07, 6.45) is 1.78. The van der Waals surface area contributed by atoms with Crippen LogP contribution in [0.2, 0.25) is 0 Å². The minimum atomic E-state index is 0.00975. The number of rotatable bonds is 5. The summed E-state index contributed by atoms with van der Waals surface area (Å²) in [7, 11) is 0. The average molecular weight is 266 g/mol. The predicted octanol–water partition coefficient (Wildman–Crippen LogP) is 1.14. The summed E-state index contributed by atoms with van der Waals surface area (Å²) in [5.74, 6) is 0.751. The summed E-state index contributed by atoms with van der Waals surface area (Å²) < 4.78 is 12.7. The van der Waals surface area contributed by atoms with E-state index in [0.717, 1.165) is 38.6 Å². The van der Waals surface area contributed by atoms with Crippen LogP contribution in [0.1, 0.15) is 19.9 Å². The van der Waals surface area contributed by atoms with Gasteiger partial charge in [0.1, 0.15) is 12.4 Å². The highest BCUT2D eigenvalue weighted by molar-refractivity contribution is 5.17. The zero-order valence-corrected chi connectivity index (χ0v) is 11.7. The van der Waals surface area contributed by atoms with Crippen molar-refractivity contribution in [1.29, 1.82) is 0 Å². The van der Waals surface area contributed by atoms with Gasteiger partial charge in [-0.3, -0.25) is 9.69 Å². The van der Waals surface area contributed by atoms with E-state index in [0.29, 0.717) is 6.61 Å². The van der Waals surface area contributed by atoms with Crippen molar-refractivity contribution in [3.05, 3.63) is 28.7 Å². The fourth-order valence-corrected chi connectivity index (χ4v) is 2.09. The Morgan fingerprint density at radius 1 is 1.32 bits per heavy atom. The average Bonchev–Trinajstić information content (AvgIpc) is 2.41. The normalized spacial score (nSPS) is 16.8. The summed E-state index contributed by atoms with van der Waals surface area (Å²) in [5, 5.41) is 0. The molecule has 2 heterocycles. The van der Waals surface area contributed by atoms with Crippen LogP contribution in [0.15, 0.2) is 23.1 Å². The standard InChI is InChI=1S/C14H22N2O3/c1-12(2)16-11-13(3-4-14(16)17)19-10-7-15-5-8-18-9-6-15/h3-4,11-12H,5-10H2,1-2H3. The van der Waals surface area contributed by atoms with Crippen LogP contribution in [0.4, 0.5) is 0 Å². The molecule has 0 amide bonds. The van der Waals surface area contributed by atoms with Crippen LogP contribution >= 0.6 is 0 Å². The SMILES string of the molecule is CC(C)n1cc(OCCN2CCOCC2)ccc1=O. The molecule has 1 aromatic heterocycles. The van der Waals surface area contributed by atoms with Crippen LogP contribution in [-0.2, 0) is 4.74 Å². The zero-order valence-electron chi connectivity index (χ0n) is 11.7. The molecule has 0 atom stereocenters. The minimum Gasteiger partial charge on any atom is -0.491 e. The number of aromatic nitrogens is 1. The summed E-state index contributed by atoms with van der Waals surface area (Å²) in [5.41, 5.74) is 0.00975. The van der Waals surface area contributed by atoms with Crippen molar-refractivity contribution in [3.63, 3.8) is 0 Å². The third-order valence-electron chi connectivity index (χ3n) is 3.25. The molecule has 0 spiro atoms. The lowest BCUT2D eigenvalue weighted by molar-refractivity contribution is 0.0322. The third-order valence-corrected chi connectivity index (χ3v) is 3.25. The molecule has 1 aliphatic rings. The van der Waals surface area contributed by atoms with Gasteiger partial charge in [0.25, 0.3) is 5.56 Å². The minimum absolute atomic E-state index is 0.00975. The van der Waals surface area contributed by atoms with Gasteiger partial charge in [0, 0.05) is 37.9 Å². The van der Waals surface area contributed by atoms with Gasteiger partial charge in [-0.2, -0.15) is 0 Å². The predicted molar refractivity (Wildman–Crippen MR) is 73.8 cm³/mol. The van der Waals surface area contributed by atoms with Gasteiger partial charge >= 0.3 is 0 Å². The molecule has 19 heavy (non-hydrogen) atoms. The van der Waals surface area contributed by atoms with E-state index in [9.17, 15) is 4.79 Å². The van der Waals surface area contributed by atoms with Crippen LogP contribution in [-0.4, -0.2) is 48.9 Å². The Morgan fingerprint density at radius 2 is 2.05 bits per heavy atom. The van der Waals surface area contributed by atoms with Crippen molar-refractivity contribution in [2.45, 2.75) is 19.9 Å². The van der Waals surface area contributed by atoms with Crippen LogP contribution in [0.3, 0.4) is 0 Å². The number of nitrogens with zero attached hydrogens (tertiary/aromatic N) is 2. The van der Waals surface area contributed by atoms with Gasteiger partial charge in [-0.05, 0) is 19.9 Å². The molecule has 106 valence electrons. The Kier molecular flexibility index (Phi) is 4.99. The molecule has 1 aromatic rings. The Balaban J connectivity index is 1.85. The lowest BCUT2D eigenvalue weighted by Crippen LogP contribution is -2.38. The first-order valence-electron chi connectivity index (χ1n) is 6.82. The summed E-state index contributed by atoms with van der Waals surface area (Å²) >= 11 is 0. The highest BCUT2D eigenvalue weighted by atomic mass is 16.5. The Labute approximate surface area is 113 Å². The van der Waals surface area contributed by atoms with Gasteiger partial charge < -0.3 is 14.0 Å². The molecule has 1 aliphatic heterocycles. The van der Waals surface area contributed by atoms with E-state index in [1.807, 2.05) is 13.8 Å². The lowest BCUT2D eigenvalue weighted by atomic mass is 10.3. The Hall–Kier alpha value is -1.33. The van der Waals surface area contributed by atoms with E-state index in [2.05, 4.69) is 4.90 Å². The van der Waals surface area contributed by atoms with Gasteiger partial charge in [-0.25, -0.2) is 0 Å². The molecule has 0 radical (unpaired) electrons. The summed E-state index contributed by atoms with van der Waals surface area (Å²) in [6, 6.07) is 3.44. The van der Waals surface area contributed by atoms with E-state index < -0.39 is 0 Å². The topological polar surface area (TPSA) is 43.7 Å². The highest BCUT2D eigenvalue weighted by Crippen LogP contribution is 2.10. The van der Waals surface area contributed by atoms with Gasteiger partial charge in [0.15, 0.2) is 0 Å². The lowest BCUT2D eigenvalue weighted by Gasteiger charge is -2.26. The van der Waals surface area contributed by atoms with Crippen LogP contribution in [0.5, 0.6) is 5.75 Å². The largest absolute Gasteiger partial charge is 0.491 e. The van der Waals surface area contributed by atoms with Crippen LogP contribution in [0, 0.1) is 0 Å². The monoisotopic (exact) mass is 266 g/mol. The number of ether oxygens (including phenoxy) is 2. The molecule has 5 heteroatoms. The molecular weight excluding hydrogens is 244 g/mol. The molecule has 1 fully saturated rings. The molecule has 0 saturated carbocycles. The molecule has 2 rings (SSSR count). The van der Waals surface area contributed by atoms with Crippen molar-refractivity contribution in [2.75, 3.05) is 39.5 Å². The summed E-state index contributed by atoms with van der Waals surface area (Å²) in [6.45, 7) is 9.04. The van der Waals surface area contributed by atoms with Gasteiger partial charge in [-0.1, -0.05) is 0 Å². The second kappa shape index (κ2) is 6.73. The fraction of sp³-hybridized carbons (Fsp3) is 0.643. The highest BCUT2D eigenvalue weighted by Gasteiger charge is 2.10.